The van der Waals surface area contributed by atoms with Crippen LogP contribution in [0.15, 0.2) is 24.3 Å². The second kappa shape index (κ2) is 4.78. The van der Waals surface area contributed by atoms with Crippen LogP contribution in [0.3, 0.4) is 0 Å². The summed E-state index contributed by atoms with van der Waals surface area (Å²) < 4.78 is 4.96. The second-order valence-electron chi connectivity index (χ2n) is 2.84. The molecular weight excluding hydrogens is 150 g/mol. The molecule has 12 heavy (non-hydrogen) atoms. The van der Waals surface area contributed by atoms with Crippen molar-refractivity contribution in [3.05, 3.63) is 29.8 Å². The average Bonchev–Trinajstić information content (AvgIpc) is 2.09. The van der Waals surface area contributed by atoms with Gasteiger partial charge >= 0.3 is 0 Å². The molecule has 0 atom stereocenters. The first-order valence-corrected chi connectivity index (χ1v) is 4.16. The molecule has 0 saturated carbocycles. The molecule has 0 radical (unpaired) electrons. The maximum atomic E-state index is 5.56. The Morgan fingerprint density at radius 1 is 1.25 bits per heavy atom. The normalized spacial score (nSPS) is 10.1. The van der Waals surface area contributed by atoms with Crippen LogP contribution in [0.4, 0.5) is 5.69 Å². The van der Waals surface area contributed by atoms with E-state index in [9.17, 15) is 0 Å². The van der Waals surface area contributed by atoms with Gasteiger partial charge in [0.25, 0.3) is 0 Å². The molecule has 1 rings (SSSR count). The third-order valence-corrected chi connectivity index (χ3v) is 1.79. The van der Waals surface area contributed by atoms with E-state index in [-0.39, 0.29) is 0 Å². The van der Waals surface area contributed by atoms with Gasteiger partial charge in [0, 0.05) is 19.4 Å². The van der Waals surface area contributed by atoms with Crippen molar-refractivity contribution in [3.8, 4) is 0 Å². The summed E-state index contributed by atoms with van der Waals surface area (Å²) in [6, 6.07) is 7.99. The zero-order chi connectivity index (χ0) is 8.81. The Hall–Kier alpha value is -1.02. The molecule has 0 saturated heterocycles. The van der Waals surface area contributed by atoms with Crippen LogP contribution in [0.5, 0.6) is 0 Å². The van der Waals surface area contributed by atoms with Gasteiger partial charge in [-0.15, -0.1) is 0 Å². The molecule has 0 aliphatic heterocycles. The Balaban J connectivity index is 2.37. The number of nitrogen functional groups attached to an aromatic ring is 1. The molecule has 2 nitrogen and oxygen atoms in total. The van der Waals surface area contributed by atoms with Gasteiger partial charge < -0.3 is 10.5 Å². The van der Waals surface area contributed by atoms with E-state index in [1.165, 1.54) is 5.56 Å². The van der Waals surface area contributed by atoms with Crippen molar-refractivity contribution in [1.29, 1.82) is 0 Å². The van der Waals surface area contributed by atoms with Gasteiger partial charge in [-0.1, -0.05) is 12.1 Å². The lowest BCUT2D eigenvalue weighted by Crippen LogP contribution is -1.92. The van der Waals surface area contributed by atoms with E-state index in [4.69, 9.17) is 10.5 Å². The molecule has 0 amide bonds. The van der Waals surface area contributed by atoms with Gasteiger partial charge in [-0.25, -0.2) is 0 Å². The molecule has 0 bridgehead atoms. The third kappa shape index (κ3) is 2.93. The molecule has 66 valence electrons. The largest absolute Gasteiger partial charge is 0.399 e. The number of nitrogens with two attached hydrogens (primary N) is 1. The monoisotopic (exact) mass is 165 g/mol. The number of hydrogen-bond acceptors (Lipinski definition) is 2. The lowest BCUT2D eigenvalue weighted by molar-refractivity contribution is 0.195. The molecule has 1 aromatic rings. The van der Waals surface area contributed by atoms with Crippen LogP contribution in [0.25, 0.3) is 0 Å². The van der Waals surface area contributed by atoms with Crippen LogP contribution in [-0.4, -0.2) is 13.7 Å². The summed E-state index contributed by atoms with van der Waals surface area (Å²) in [7, 11) is 1.73. The fourth-order valence-electron chi connectivity index (χ4n) is 1.10. The molecule has 0 fully saturated rings. The first kappa shape index (κ1) is 9.07. The Morgan fingerprint density at radius 3 is 2.50 bits per heavy atom. The van der Waals surface area contributed by atoms with Crippen LogP contribution in [0.2, 0.25) is 0 Å². The summed E-state index contributed by atoms with van der Waals surface area (Å²) in [5.41, 5.74) is 7.70. The summed E-state index contributed by atoms with van der Waals surface area (Å²) in [5.74, 6) is 0. The Morgan fingerprint density at radius 2 is 1.92 bits per heavy atom. The Bertz CT molecular complexity index is 218. The highest BCUT2D eigenvalue weighted by Crippen LogP contribution is 2.07. The van der Waals surface area contributed by atoms with Crippen molar-refractivity contribution in [2.75, 3.05) is 19.5 Å². The number of methoxy groups -OCH3 is 1. The van der Waals surface area contributed by atoms with Crippen LogP contribution in [0.1, 0.15) is 12.0 Å². The Kier molecular flexibility index (Phi) is 3.61. The molecule has 0 spiro atoms. The van der Waals surface area contributed by atoms with E-state index in [0.717, 1.165) is 25.1 Å². The number of rotatable bonds is 4. The van der Waals surface area contributed by atoms with Gasteiger partial charge in [-0.05, 0) is 30.5 Å². The highest BCUT2D eigenvalue weighted by molar-refractivity contribution is 5.39. The van der Waals surface area contributed by atoms with E-state index in [1.54, 1.807) is 7.11 Å². The minimum Gasteiger partial charge on any atom is -0.399 e. The first-order chi connectivity index (χ1) is 5.83. The van der Waals surface area contributed by atoms with Crippen LogP contribution in [0, 0.1) is 0 Å². The molecule has 0 aromatic heterocycles. The zero-order valence-corrected chi connectivity index (χ0v) is 7.42. The van der Waals surface area contributed by atoms with Gasteiger partial charge in [0.1, 0.15) is 0 Å². The number of ether oxygens (including phenoxy) is 1. The molecule has 0 heterocycles. The van der Waals surface area contributed by atoms with Gasteiger partial charge in [-0.2, -0.15) is 0 Å². The van der Waals surface area contributed by atoms with E-state index in [1.807, 2.05) is 12.1 Å². The SMILES string of the molecule is COCCCc1ccc(N)cc1. The summed E-state index contributed by atoms with van der Waals surface area (Å²) in [6.45, 7) is 0.824. The minimum atomic E-state index is 0.824. The predicted molar refractivity (Wildman–Crippen MR) is 51.1 cm³/mol. The second-order valence-corrected chi connectivity index (χ2v) is 2.84. The van der Waals surface area contributed by atoms with E-state index >= 15 is 0 Å². The third-order valence-electron chi connectivity index (χ3n) is 1.79. The summed E-state index contributed by atoms with van der Waals surface area (Å²) in [6.07, 6.45) is 2.13. The maximum absolute atomic E-state index is 5.56. The number of benzene rings is 1. The minimum absolute atomic E-state index is 0.824. The molecule has 0 aliphatic rings. The maximum Gasteiger partial charge on any atom is 0.0465 e. The fraction of sp³-hybridized carbons (Fsp3) is 0.400. The van der Waals surface area contributed by atoms with E-state index in [2.05, 4.69) is 12.1 Å². The number of hydrogen-bond donors (Lipinski definition) is 1. The zero-order valence-electron chi connectivity index (χ0n) is 7.42. The van der Waals surface area contributed by atoms with Crippen molar-refractivity contribution < 1.29 is 4.74 Å². The standard InChI is InChI=1S/C10H15NO/c1-12-8-2-3-9-4-6-10(11)7-5-9/h4-7H,2-3,8,11H2,1H3. The Labute approximate surface area is 73.3 Å². The van der Waals surface area contributed by atoms with E-state index in [0.29, 0.717) is 0 Å². The molecule has 0 aliphatic carbocycles. The van der Waals surface area contributed by atoms with Gasteiger partial charge in [-0.3, -0.25) is 0 Å². The van der Waals surface area contributed by atoms with Crippen molar-refractivity contribution in [3.63, 3.8) is 0 Å². The number of anilines is 1. The highest BCUT2D eigenvalue weighted by Gasteiger charge is 1.91. The van der Waals surface area contributed by atoms with Gasteiger partial charge in [0.15, 0.2) is 0 Å². The fourth-order valence-corrected chi connectivity index (χ4v) is 1.10. The summed E-state index contributed by atoms with van der Waals surface area (Å²) >= 11 is 0. The van der Waals surface area contributed by atoms with Crippen LogP contribution in [-0.2, 0) is 11.2 Å². The molecule has 1 aromatic carbocycles. The molecule has 2 N–H and O–H groups in total. The van der Waals surface area contributed by atoms with Crippen molar-refractivity contribution in [1.82, 2.24) is 0 Å². The predicted octanol–water partition coefficient (Wildman–Crippen LogP) is 1.85. The van der Waals surface area contributed by atoms with Crippen LogP contribution < -0.4 is 5.73 Å². The highest BCUT2D eigenvalue weighted by atomic mass is 16.5. The quantitative estimate of drug-likeness (QED) is 0.546. The van der Waals surface area contributed by atoms with Crippen LogP contribution >= 0.6 is 0 Å². The molecular formula is C10H15NO. The van der Waals surface area contributed by atoms with E-state index < -0.39 is 0 Å². The topological polar surface area (TPSA) is 35.2 Å². The van der Waals surface area contributed by atoms with Crippen molar-refractivity contribution in [2.24, 2.45) is 0 Å². The summed E-state index contributed by atoms with van der Waals surface area (Å²) in [5, 5.41) is 0. The average molecular weight is 165 g/mol. The van der Waals surface area contributed by atoms with Crippen molar-refractivity contribution >= 4 is 5.69 Å². The summed E-state index contributed by atoms with van der Waals surface area (Å²) in [4.78, 5) is 0. The first-order valence-electron chi connectivity index (χ1n) is 4.16. The van der Waals surface area contributed by atoms with Gasteiger partial charge in [0.2, 0.25) is 0 Å². The molecule has 2 heteroatoms. The van der Waals surface area contributed by atoms with Crippen molar-refractivity contribution in [2.45, 2.75) is 12.8 Å². The lowest BCUT2D eigenvalue weighted by Gasteiger charge is -2.00. The number of aryl methyl sites for hydroxylation is 1. The van der Waals surface area contributed by atoms with Gasteiger partial charge in [0.05, 0.1) is 0 Å². The molecule has 0 unspecified atom stereocenters. The lowest BCUT2D eigenvalue weighted by atomic mass is 10.1. The smallest absolute Gasteiger partial charge is 0.0465 e.